The van der Waals surface area contributed by atoms with Gasteiger partial charge in [-0.2, -0.15) is 0 Å². The molecule has 0 saturated heterocycles. The molecule has 0 amide bonds. The number of nitrogens with two attached hydrogens (primary N) is 1. The lowest BCUT2D eigenvalue weighted by atomic mass is 9.89. The van der Waals surface area contributed by atoms with Crippen molar-refractivity contribution < 1.29 is 5.11 Å². The van der Waals surface area contributed by atoms with Crippen molar-refractivity contribution in [2.24, 2.45) is 11.7 Å². The maximum absolute atomic E-state index is 9.01. The Kier molecular flexibility index (Phi) is 2.46. The Bertz CT molecular complexity index is 140. The molecule has 0 aliphatic heterocycles. The van der Waals surface area contributed by atoms with E-state index in [1.54, 1.807) is 0 Å². The van der Waals surface area contributed by atoms with E-state index >= 15 is 0 Å². The van der Waals surface area contributed by atoms with Gasteiger partial charge in [-0.1, -0.05) is 11.6 Å². The number of allylic oxidation sites excluding steroid dienone is 2. The zero-order chi connectivity index (χ0) is 7.56. The second kappa shape index (κ2) is 3.17. The standard InChI is InChI=1S/C8H15NO/c1-6-2-4-7(5-3-6)8(9)10/h2,7-8,10H,3-5,9H2,1H3. The molecule has 58 valence electrons. The molecule has 0 fully saturated rings. The normalized spacial score (nSPS) is 29.5. The molecule has 0 saturated carbocycles. The van der Waals surface area contributed by atoms with Crippen LogP contribution in [0.5, 0.6) is 0 Å². The molecule has 10 heavy (non-hydrogen) atoms. The molecule has 0 heterocycles. The molecule has 0 spiro atoms. The molecule has 2 unspecified atom stereocenters. The highest BCUT2D eigenvalue weighted by Gasteiger charge is 2.16. The van der Waals surface area contributed by atoms with Crippen LogP contribution in [-0.4, -0.2) is 11.3 Å². The van der Waals surface area contributed by atoms with Crippen molar-refractivity contribution in [2.75, 3.05) is 0 Å². The topological polar surface area (TPSA) is 46.2 Å². The van der Waals surface area contributed by atoms with Crippen LogP contribution in [0.2, 0.25) is 0 Å². The van der Waals surface area contributed by atoms with Gasteiger partial charge in [0.1, 0.15) is 6.23 Å². The summed E-state index contributed by atoms with van der Waals surface area (Å²) in [4.78, 5) is 0. The molecule has 2 heteroatoms. The second-order valence-corrected chi connectivity index (χ2v) is 3.08. The molecule has 1 aliphatic rings. The van der Waals surface area contributed by atoms with E-state index in [1.165, 1.54) is 5.57 Å². The quantitative estimate of drug-likeness (QED) is 0.423. The van der Waals surface area contributed by atoms with Gasteiger partial charge >= 0.3 is 0 Å². The summed E-state index contributed by atoms with van der Waals surface area (Å²) in [5.74, 6) is 0.295. The van der Waals surface area contributed by atoms with Crippen LogP contribution in [0.4, 0.5) is 0 Å². The Morgan fingerprint density at radius 2 is 2.50 bits per heavy atom. The zero-order valence-electron chi connectivity index (χ0n) is 6.38. The van der Waals surface area contributed by atoms with Crippen LogP contribution < -0.4 is 5.73 Å². The van der Waals surface area contributed by atoms with Gasteiger partial charge in [-0.3, -0.25) is 0 Å². The first-order valence-corrected chi connectivity index (χ1v) is 3.79. The van der Waals surface area contributed by atoms with Crippen molar-refractivity contribution >= 4 is 0 Å². The van der Waals surface area contributed by atoms with Crippen LogP contribution in [-0.2, 0) is 0 Å². The molecular formula is C8H15NO. The number of aliphatic hydroxyl groups excluding tert-OH is 1. The van der Waals surface area contributed by atoms with Crippen LogP contribution >= 0.6 is 0 Å². The molecule has 0 aromatic heterocycles. The third kappa shape index (κ3) is 1.82. The summed E-state index contributed by atoms with van der Waals surface area (Å²) >= 11 is 0. The van der Waals surface area contributed by atoms with Gasteiger partial charge in [0, 0.05) is 5.92 Å². The van der Waals surface area contributed by atoms with Crippen LogP contribution in [0, 0.1) is 5.92 Å². The minimum absolute atomic E-state index is 0.295. The SMILES string of the molecule is CC1=CCC(C(N)O)CC1. The second-order valence-electron chi connectivity index (χ2n) is 3.08. The number of hydrogen-bond acceptors (Lipinski definition) is 2. The van der Waals surface area contributed by atoms with E-state index in [0.717, 1.165) is 19.3 Å². The Balaban J connectivity index is 2.42. The third-order valence-corrected chi connectivity index (χ3v) is 2.16. The molecular weight excluding hydrogens is 126 g/mol. The molecule has 1 aliphatic carbocycles. The molecule has 0 aromatic carbocycles. The predicted molar refractivity (Wildman–Crippen MR) is 41.3 cm³/mol. The van der Waals surface area contributed by atoms with Gasteiger partial charge in [0.05, 0.1) is 0 Å². The zero-order valence-corrected chi connectivity index (χ0v) is 6.38. The molecule has 2 atom stereocenters. The van der Waals surface area contributed by atoms with Crippen molar-refractivity contribution in [3.63, 3.8) is 0 Å². The monoisotopic (exact) mass is 141 g/mol. The van der Waals surface area contributed by atoms with Crippen LogP contribution in [0.25, 0.3) is 0 Å². The molecule has 0 aromatic rings. The largest absolute Gasteiger partial charge is 0.379 e. The minimum Gasteiger partial charge on any atom is -0.379 e. The Hall–Kier alpha value is -0.340. The molecule has 3 N–H and O–H groups in total. The summed E-state index contributed by atoms with van der Waals surface area (Å²) in [5.41, 5.74) is 6.77. The highest BCUT2D eigenvalue weighted by Crippen LogP contribution is 2.23. The van der Waals surface area contributed by atoms with Gasteiger partial charge in [0.15, 0.2) is 0 Å². The Morgan fingerprint density at radius 3 is 2.90 bits per heavy atom. The van der Waals surface area contributed by atoms with Gasteiger partial charge in [-0.15, -0.1) is 0 Å². The summed E-state index contributed by atoms with van der Waals surface area (Å²) in [7, 11) is 0. The van der Waals surface area contributed by atoms with Gasteiger partial charge in [-0.05, 0) is 26.2 Å². The maximum atomic E-state index is 9.01. The van der Waals surface area contributed by atoms with Gasteiger partial charge in [0.2, 0.25) is 0 Å². The summed E-state index contributed by atoms with van der Waals surface area (Å²) < 4.78 is 0. The van der Waals surface area contributed by atoms with E-state index in [0.29, 0.717) is 5.92 Å². The predicted octanol–water partition coefficient (Wildman–Crippen LogP) is 1.01. The highest BCUT2D eigenvalue weighted by molar-refractivity contribution is 5.03. The molecule has 1 rings (SSSR count). The first kappa shape index (κ1) is 7.76. The van der Waals surface area contributed by atoms with E-state index in [9.17, 15) is 0 Å². The maximum Gasteiger partial charge on any atom is 0.105 e. The summed E-state index contributed by atoms with van der Waals surface area (Å²) in [5, 5.41) is 9.01. The molecule has 0 radical (unpaired) electrons. The molecule has 0 bridgehead atoms. The van der Waals surface area contributed by atoms with E-state index in [-0.39, 0.29) is 0 Å². The smallest absolute Gasteiger partial charge is 0.105 e. The Labute approximate surface area is 61.7 Å². The van der Waals surface area contributed by atoms with Crippen molar-refractivity contribution in [3.8, 4) is 0 Å². The average Bonchev–Trinajstić information content (AvgIpc) is 1.88. The lowest BCUT2D eigenvalue weighted by molar-refractivity contribution is 0.107. The van der Waals surface area contributed by atoms with Crippen LogP contribution in [0.15, 0.2) is 11.6 Å². The fourth-order valence-electron chi connectivity index (χ4n) is 1.30. The number of rotatable bonds is 1. The van der Waals surface area contributed by atoms with Crippen molar-refractivity contribution in [3.05, 3.63) is 11.6 Å². The van der Waals surface area contributed by atoms with Gasteiger partial charge in [0.25, 0.3) is 0 Å². The summed E-state index contributed by atoms with van der Waals surface area (Å²) in [6.07, 6.45) is 4.64. The lowest BCUT2D eigenvalue weighted by Gasteiger charge is -2.22. The van der Waals surface area contributed by atoms with Crippen LogP contribution in [0.1, 0.15) is 26.2 Å². The number of aliphatic hydroxyl groups is 1. The van der Waals surface area contributed by atoms with Gasteiger partial charge in [-0.25, -0.2) is 0 Å². The van der Waals surface area contributed by atoms with E-state index < -0.39 is 6.23 Å². The van der Waals surface area contributed by atoms with Crippen molar-refractivity contribution in [2.45, 2.75) is 32.4 Å². The van der Waals surface area contributed by atoms with E-state index in [2.05, 4.69) is 13.0 Å². The minimum atomic E-state index is -0.621. The van der Waals surface area contributed by atoms with Crippen molar-refractivity contribution in [1.82, 2.24) is 0 Å². The van der Waals surface area contributed by atoms with Crippen LogP contribution in [0.3, 0.4) is 0 Å². The fourth-order valence-corrected chi connectivity index (χ4v) is 1.30. The Morgan fingerprint density at radius 1 is 1.80 bits per heavy atom. The fraction of sp³-hybridized carbons (Fsp3) is 0.750. The van der Waals surface area contributed by atoms with E-state index in [4.69, 9.17) is 10.8 Å². The highest BCUT2D eigenvalue weighted by atomic mass is 16.3. The van der Waals surface area contributed by atoms with Gasteiger partial charge < -0.3 is 10.8 Å². The first-order valence-electron chi connectivity index (χ1n) is 3.79. The first-order chi connectivity index (χ1) is 4.70. The van der Waals surface area contributed by atoms with Crippen molar-refractivity contribution in [1.29, 1.82) is 0 Å². The molecule has 2 nitrogen and oxygen atoms in total. The average molecular weight is 141 g/mol. The lowest BCUT2D eigenvalue weighted by Crippen LogP contribution is -2.30. The summed E-state index contributed by atoms with van der Waals surface area (Å²) in [6.45, 7) is 2.12. The summed E-state index contributed by atoms with van der Waals surface area (Å²) in [6, 6.07) is 0. The van der Waals surface area contributed by atoms with E-state index in [1.807, 2.05) is 0 Å². The third-order valence-electron chi connectivity index (χ3n) is 2.16. The number of hydrogen-bond donors (Lipinski definition) is 2.